The second-order valence-corrected chi connectivity index (χ2v) is 7.25. The smallest absolute Gasteiger partial charge is 0.361 e. The van der Waals surface area contributed by atoms with Gasteiger partial charge in [-0.15, -0.1) is 5.10 Å². The van der Waals surface area contributed by atoms with Crippen LogP contribution in [0.15, 0.2) is 72.8 Å². The zero-order chi connectivity index (χ0) is 21.4. The fraction of sp³-hybridized carbons (Fsp3) is 0.160. The quantitative estimate of drug-likeness (QED) is 0.372. The molecule has 2 heterocycles. The fourth-order valence-corrected chi connectivity index (χ4v) is 4.17. The van der Waals surface area contributed by atoms with Crippen LogP contribution in [0.3, 0.4) is 0 Å². The van der Waals surface area contributed by atoms with Gasteiger partial charge in [0.25, 0.3) is 0 Å². The first-order valence-electron chi connectivity index (χ1n) is 10.4. The second kappa shape index (κ2) is 7.72. The van der Waals surface area contributed by atoms with Gasteiger partial charge in [-0.1, -0.05) is 53.7 Å². The van der Waals surface area contributed by atoms with Crippen molar-refractivity contribution in [2.75, 3.05) is 6.61 Å². The summed E-state index contributed by atoms with van der Waals surface area (Å²) in [6, 6.07) is 24.3. The maximum absolute atomic E-state index is 12.6. The number of aromatic nitrogens is 4. The highest BCUT2D eigenvalue weighted by Gasteiger charge is 2.23. The Morgan fingerprint density at radius 2 is 1.65 bits per heavy atom. The van der Waals surface area contributed by atoms with Crippen LogP contribution >= 0.6 is 0 Å². The lowest BCUT2D eigenvalue weighted by atomic mass is 10.1. The third-order valence-electron chi connectivity index (χ3n) is 5.50. The van der Waals surface area contributed by atoms with Gasteiger partial charge < -0.3 is 9.30 Å². The van der Waals surface area contributed by atoms with Gasteiger partial charge in [0.1, 0.15) is 5.69 Å². The number of fused-ring (bicyclic) bond motifs is 3. The molecule has 3 aromatic carbocycles. The van der Waals surface area contributed by atoms with Crippen LogP contribution in [-0.4, -0.2) is 32.1 Å². The molecular formula is C25H22N4O2. The molecule has 6 heteroatoms. The first-order chi connectivity index (χ1) is 15.2. The average molecular weight is 410 g/mol. The Kier molecular flexibility index (Phi) is 4.75. The molecule has 0 aliphatic carbocycles. The lowest BCUT2D eigenvalue weighted by Gasteiger charge is -2.09. The van der Waals surface area contributed by atoms with Crippen molar-refractivity contribution in [3.8, 4) is 16.9 Å². The summed E-state index contributed by atoms with van der Waals surface area (Å²) in [5.74, 6) is -0.476. The standard InChI is InChI=1S/C25H22N4O2/c1-3-28-21-13-9-8-12-19(21)20-16-18(14-15-22(20)28)29-24(17-10-6-5-7-11-17)23(26-27-29)25(30)31-4-2/h5-16H,3-4H2,1-2H3. The average Bonchev–Trinajstić information content (AvgIpc) is 3.39. The minimum absolute atomic E-state index is 0.212. The number of nitrogens with zero attached hydrogens (tertiary/aromatic N) is 4. The van der Waals surface area contributed by atoms with E-state index in [0.29, 0.717) is 5.69 Å². The molecule has 2 aromatic heterocycles. The zero-order valence-corrected chi connectivity index (χ0v) is 17.4. The maximum atomic E-state index is 12.6. The molecular weight excluding hydrogens is 388 g/mol. The molecule has 0 saturated carbocycles. The third-order valence-corrected chi connectivity index (χ3v) is 5.50. The Bertz CT molecular complexity index is 1400. The molecule has 0 N–H and O–H groups in total. The van der Waals surface area contributed by atoms with Crippen molar-refractivity contribution in [2.45, 2.75) is 20.4 Å². The number of hydrogen-bond donors (Lipinski definition) is 0. The van der Waals surface area contributed by atoms with Crippen LogP contribution in [0.4, 0.5) is 0 Å². The molecule has 0 atom stereocenters. The Balaban J connectivity index is 1.75. The summed E-state index contributed by atoms with van der Waals surface area (Å²) < 4.78 is 9.25. The summed E-state index contributed by atoms with van der Waals surface area (Å²) in [6.07, 6.45) is 0. The molecule has 5 aromatic rings. The normalized spacial score (nSPS) is 11.3. The molecule has 0 aliphatic rings. The van der Waals surface area contributed by atoms with Gasteiger partial charge >= 0.3 is 5.97 Å². The molecule has 31 heavy (non-hydrogen) atoms. The van der Waals surface area contributed by atoms with Crippen molar-refractivity contribution in [2.24, 2.45) is 0 Å². The van der Waals surface area contributed by atoms with Crippen LogP contribution in [0.1, 0.15) is 24.3 Å². The van der Waals surface area contributed by atoms with E-state index in [4.69, 9.17) is 4.74 Å². The van der Waals surface area contributed by atoms with Crippen molar-refractivity contribution in [3.05, 3.63) is 78.5 Å². The van der Waals surface area contributed by atoms with Crippen molar-refractivity contribution >= 4 is 27.8 Å². The highest BCUT2D eigenvalue weighted by atomic mass is 16.5. The van der Waals surface area contributed by atoms with Crippen molar-refractivity contribution in [1.29, 1.82) is 0 Å². The lowest BCUT2D eigenvalue weighted by Crippen LogP contribution is -2.08. The SMILES string of the molecule is CCOC(=O)c1nnn(-c2ccc3c(c2)c2ccccc2n3CC)c1-c1ccccc1. The molecule has 0 fully saturated rings. The third kappa shape index (κ3) is 3.08. The van der Waals surface area contributed by atoms with Crippen molar-refractivity contribution < 1.29 is 9.53 Å². The maximum Gasteiger partial charge on any atom is 0.361 e. The van der Waals surface area contributed by atoms with Crippen LogP contribution in [0.5, 0.6) is 0 Å². The summed E-state index contributed by atoms with van der Waals surface area (Å²) >= 11 is 0. The van der Waals surface area contributed by atoms with E-state index in [9.17, 15) is 4.79 Å². The van der Waals surface area contributed by atoms with Crippen molar-refractivity contribution in [3.63, 3.8) is 0 Å². The molecule has 154 valence electrons. The van der Waals surface area contributed by atoms with E-state index in [0.717, 1.165) is 23.2 Å². The second-order valence-electron chi connectivity index (χ2n) is 7.25. The number of benzene rings is 3. The van der Waals surface area contributed by atoms with E-state index < -0.39 is 5.97 Å². The molecule has 0 amide bonds. The lowest BCUT2D eigenvalue weighted by molar-refractivity contribution is 0.0520. The van der Waals surface area contributed by atoms with Crippen LogP contribution < -0.4 is 0 Å². The number of esters is 1. The Labute approximate surface area is 179 Å². The van der Waals surface area contributed by atoms with E-state index in [1.54, 1.807) is 11.6 Å². The fourth-order valence-electron chi connectivity index (χ4n) is 4.17. The Hall–Kier alpha value is -3.93. The predicted octanol–water partition coefficient (Wildman–Crippen LogP) is 5.24. The number of ether oxygens (including phenoxy) is 1. The van der Waals surface area contributed by atoms with Gasteiger partial charge in [-0.05, 0) is 38.1 Å². The van der Waals surface area contributed by atoms with Gasteiger partial charge in [0, 0.05) is 33.9 Å². The van der Waals surface area contributed by atoms with Crippen LogP contribution in [0, 0.1) is 0 Å². The molecule has 0 saturated heterocycles. The number of para-hydroxylation sites is 1. The molecule has 5 rings (SSSR count). The van der Waals surface area contributed by atoms with Gasteiger partial charge in [-0.2, -0.15) is 0 Å². The van der Waals surface area contributed by atoms with Gasteiger partial charge in [0.15, 0.2) is 5.69 Å². The molecule has 0 spiro atoms. The number of carbonyl (C=O) groups is 1. The van der Waals surface area contributed by atoms with Gasteiger partial charge in [0.2, 0.25) is 0 Å². The molecule has 0 aliphatic heterocycles. The van der Waals surface area contributed by atoms with Gasteiger partial charge in [-0.3, -0.25) is 0 Å². The van der Waals surface area contributed by atoms with E-state index in [1.807, 2.05) is 36.4 Å². The molecule has 6 nitrogen and oxygen atoms in total. The zero-order valence-electron chi connectivity index (χ0n) is 17.4. The first-order valence-corrected chi connectivity index (χ1v) is 10.4. The summed E-state index contributed by atoms with van der Waals surface area (Å²) in [7, 11) is 0. The molecule has 0 unspecified atom stereocenters. The minimum Gasteiger partial charge on any atom is -0.461 e. The van der Waals surface area contributed by atoms with E-state index in [2.05, 4.69) is 58.2 Å². The summed E-state index contributed by atoms with van der Waals surface area (Å²) in [6.45, 7) is 5.09. The highest BCUT2D eigenvalue weighted by Crippen LogP contribution is 2.32. The van der Waals surface area contributed by atoms with Crippen molar-refractivity contribution in [1.82, 2.24) is 19.6 Å². The number of rotatable bonds is 5. The van der Waals surface area contributed by atoms with Crippen LogP contribution in [-0.2, 0) is 11.3 Å². The predicted molar refractivity (Wildman–Crippen MR) is 121 cm³/mol. The summed E-state index contributed by atoms with van der Waals surface area (Å²) in [4.78, 5) is 12.6. The first kappa shape index (κ1) is 19.1. The van der Waals surface area contributed by atoms with Gasteiger partial charge in [0.05, 0.1) is 12.3 Å². The van der Waals surface area contributed by atoms with Gasteiger partial charge in [-0.25, -0.2) is 9.48 Å². The van der Waals surface area contributed by atoms with E-state index in [1.165, 1.54) is 16.4 Å². The van der Waals surface area contributed by atoms with E-state index >= 15 is 0 Å². The topological polar surface area (TPSA) is 61.9 Å². The summed E-state index contributed by atoms with van der Waals surface area (Å²) in [5.41, 5.74) is 4.90. The highest BCUT2D eigenvalue weighted by molar-refractivity contribution is 6.08. The number of hydrogen-bond acceptors (Lipinski definition) is 4. The largest absolute Gasteiger partial charge is 0.461 e. The van der Waals surface area contributed by atoms with E-state index in [-0.39, 0.29) is 12.3 Å². The number of aryl methyl sites for hydroxylation is 1. The molecule has 0 bridgehead atoms. The summed E-state index contributed by atoms with van der Waals surface area (Å²) in [5, 5.41) is 10.9. The monoisotopic (exact) mass is 410 g/mol. The van der Waals surface area contributed by atoms with Crippen LogP contribution in [0.25, 0.3) is 38.8 Å². The number of carbonyl (C=O) groups excluding carboxylic acids is 1. The molecule has 0 radical (unpaired) electrons. The Morgan fingerprint density at radius 1 is 0.903 bits per heavy atom. The Morgan fingerprint density at radius 3 is 2.42 bits per heavy atom. The minimum atomic E-state index is -0.476. The van der Waals surface area contributed by atoms with Crippen LogP contribution in [0.2, 0.25) is 0 Å².